The van der Waals surface area contributed by atoms with Crippen LogP contribution in [-0.4, -0.2) is 46.2 Å². The van der Waals surface area contributed by atoms with Gasteiger partial charge in [-0.2, -0.15) is 0 Å². The zero-order valence-electron chi connectivity index (χ0n) is 12.9. The Kier molecular flexibility index (Phi) is 7.95. The quantitative estimate of drug-likeness (QED) is 0.282. The van der Waals surface area contributed by atoms with Crippen LogP contribution in [0.4, 0.5) is 0 Å². The molecule has 0 N–H and O–H groups in total. The molecule has 122 valence electrons. The smallest absolute Gasteiger partial charge is 0.313 e. The molecule has 0 saturated carbocycles. The molecule has 0 unspecified atom stereocenters. The van der Waals surface area contributed by atoms with Crippen molar-refractivity contribution >= 4 is 11.8 Å². The van der Waals surface area contributed by atoms with E-state index < -0.39 is 11.8 Å². The summed E-state index contributed by atoms with van der Waals surface area (Å²) in [4.78, 5) is 23.6. The number of Topliss-reactive ketones (excluding diaryl/α,β-unsaturated/α-hetero) is 1. The first-order valence-electron chi connectivity index (χ1n) is 6.68. The van der Waals surface area contributed by atoms with E-state index in [-0.39, 0.29) is 37.9 Å². The SMILES string of the molecule is CCOC(=O)CC(=O)c1ccc(OCOC)cc1OCOC. The molecule has 7 nitrogen and oxygen atoms in total. The zero-order chi connectivity index (χ0) is 16.4. The number of methoxy groups -OCH3 is 2. The highest BCUT2D eigenvalue weighted by atomic mass is 16.7. The molecular formula is C15H20O7. The van der Waals surface area contributed by atoms with Crippen LogP contribution >= 0.6 is 0 Å². The van der Waals surface area contributed by atoms with Gasteiger partial charge < -0.3 is 23.7 Å². The van der Waals surface area contributed by atoms with Crippen molar-refractivity contribution in [3.8, 4) is 11.5 Å². The molecule has 1 aromatic carbocycles. The molecule has 0 saturated heterocycles. The summed E-state index contributed by atoms with van der Waals surface area (Å²) >= 11 is 0. The summed E-state index contributed by atoms with van der Waals surface area (Å²) in [6.07, 6.45) is -0.352. The Morgan fingerprint density at radius 3 is 2.36 bits per heavy atom. The second-order valence-corrected chi connectivity index (χ2v) is 4.16. The van der Waals surface area contributed by atoms with Crippen LogP contribution < -0.4 is 9.47 Å². The first kappa shape index (κ1) is 17.9. The summed E-state index contributed by atoms with van der Waals surface area (Å²) in [6.45, 7) is 1.94. The topological polar surface area (TPSA) is 80.3 Å². The fourth-order valence-corrected chi connectivity index (χ4v) is 1.63. The number of carbonyl (C=O) groups excluding carboxylic acids is 2. The van der Waals surface area contributed by atoms with Gasteiger partial charge in [0.2, 0.25) is 0 Å². The van der Waals surface area contributed by atoms with Crippen LogP contribution in [0.3, 0.4) is 0 Å². The molecule has 0 aromatic heterocycles. The normalized spacial score (nSPS) is 10.1. The van der Waals surface area contributed by atoms with Gasteiger partial charge in [0, 0.05) is 20.3 Å². The molecule has 0 heterocycles. The highest BCUT2D eigenvalue weighted by Gasteiger charge is 2.18. The Hall–Kier alpha value is -2.12. The molecular weight excluding hydrogens is 292 g/mol. The molecule has 7 heteroatoms. The minimum absolute atomic E-state index is 0.0343. The van der Waals surface area contributed by atoms with E-state index in [0.29, 0.717) is 5.75 Å². The largest absolute Gasteiger partial charge is 0.467 e. The Balaban J connectivity index is 2.90. The van der Waals surface area contributed by atoms with Gasteiger partial charge in [-0.25, -0.2) is 0 Å². The van der Waals surface area contributed by atoms with Crippen LogP contribution in [0.1, 0.15) is 23.7 Å². The van der Waals surface area contributed by atoms with Crippen molar-refractivity contribution in [3.63, 3.8) is 0 Å². The Morgan fingerprint density at radius 2 is 1.73 bits per heavy atom. The van der Waals surface area contributed by atoms with Crippen LogP contribution in [0.5, 0.6) is 11.5 Å². The summed E-state index contributed by atoms with van der Waals surface area (Å²) in [5.41, 5.74) is 0.259. The summed E-state index contributed by atoms with van der Waals surface area (Å²) in [5.74, 6) is -0.238. The predicted octanol–water partition coefficient (Wildman–Crippen LogP) is 1.79. The standard InChI is InChI=1S/C15H20O7/c1-4-20-15(17)8-13(16)12-6-5-11(21-9-18-2)7-14(12)22-10-19-3/h5-7H,4,8-10H2,1-3H3. The third kappa shape index (κ3) is 5.71. The second kappa shape index (κ2) is 9.75. The van der Waals surface area contributed by atoms with Crippen LogP contribution in [0.2, 0.25) is 0 Å². The van der Waals surface area contributed by atoms with Gasteiger partial charge in [0.1, 0.15) is 17.9 Å². The first-order chi connectivity index (χ1) is 10.6. The third-order valence-electron chi connectivity index (χ3n) is 2.54. The average Bonchev–Trinajstić information content (AvgIpc) is 2.51. The summed E-state index contributed by atoms with van der Waals surface area (Å²) in [5, 5.41) is 0. The summed E-state index contributed by atoms with van der Waals surface area (Å²) in [6, 6.07) is 4.66. The van der Waals surface area contributed by atoms with Crippen molar-refractivity contribution in [2.45, 2.75) is 13.3 Å². The fourth-order valence-electron chi connectivity index (χ4n) is 1.63. The van der Waals surface area contributed by atoms with E-state index in [1.807, 2.05) is 0 Å². The lowest BCUT2D eigenvalue weighted by atomic mass is 10.1. The molecule has 0 radical (unpaired) electrons. The highest BCUT2D eigenvalue weighted by molar-refractivity contribution is 6.07. The van der Waals surface area contributed by atoms with Gasteiger partial charge in [-0.3, -0.25) is 9.59 Å². The number of esters is 1. The molecule has 0 fully saturated rings. The van der Waals surface area contributed by atoms with Gasteiger partial charge in [-0.15, -0.1) is 0 Å². The van der Waals surface area contributed by atoms with Crippen molar-refractivity contribution < 1.29 is 33.3 Å². The van der Waals surface area contributed by atoms with Gasteiger partial charge in [-0.1, -0.05) is 0 Å². The lowest BCUT2D eigenvalue weighted by Crippen LogP contribution is -2.13. The molecule has 0 spiro atoms. The van der Waals surface area contributed by atoms with E-state index in [2.05, 4.69) is 0 Å². The number of ether oxygens (including phenoxy) is 5. The predicted molar refractivity (Wildman–Crippen MR) is 77.0 cm³/mol. The van der Waals surface area contributed by atoms with E-state index in [4.69, 9.17) is 23.7 Å². The van der Waals surface area contributed by atoms with Crippen molar-refractivity contribution in [2.24, 2.45) is 0 Å². The molecule has 22 heavy (non-hydrogen) atoms. The van der Waals surface area contributed by atoms with Crippen LogP contribution in [0.15, 0.2) is 18.2 Å². The van der Waals surface area contributed by atoms with Crippen molar-refractivity contribution in [1.29, 1.82) is 0 Å². The summed E-state index contributed by atoms with van der Waals surface area (Å²) < 4.78 is 25.0. The molecule has 0 aliphatic heterocycles. The average molecular weight is 312 g/mol. The lowest BCUT2D eigenvalue weighted by molar-refractivity contribution is -0.141. The number of hydrogen-bond acceptors (Lipinski definition) is 7. The van der Waals surface area contributed by atoms with E-state index in [9.17, 15) is 9.59 Å². The highest BCUT2D eigenvalue weighted by Crippen LogP contribution is 2.26. The van der Waals surface area contributed by atoms with Crippen molar-refractivity contribution in [2.75, 3.05) is 34.4 Å². The van der Waals surface area contributed by atoms with Crippen LogP contribution in [0.25, 0.3) is 0 Å². The second-order valence-electron chi connectivity index (χ2n) is 4.16. The first-order valence-corrected chi connectivity index (χ1v) is 6.68. The lowest BCUT2D eigenvalue weighted by Gasteiger charge is -2.12. The minimum Gasteiger partial charge on any atom is -0.467 e. The van der Waals surface area contributed by atoms with E-state index in [1.165, 1.54) is 26.4 Å². The number of hydrogen-bond donors (Lipinski definition) is 0. The summed E-state index contributed by atoms with van der Waals surface area (Å²) in [7, 11) is 2.96. The Bertz CT molecular complexity index is 499. The minimum atomic E-state index is -0.579. The monoisotopic (exact) mass is 312 g/mol. The zero-order valence-corrected chi connectivity index (χ0v) is 12.9. The Labute approximate surface area is 129 Å². The van der Waals surface area contributed by atoms with E-state index in [1.54, 1.807) is 13.0 Å². The van der Waals surface area contributed by atoms with Gasteiger partial charge in [0.25, 0.3) is 0 Å². The molecule has 0 amide bonds. The van der Waals surface area contributed by atoms with Crippen LogP contribution in [-0.2, 0) is 19.0 Å². The van der Waals surface area contributed by atoms with Gasteiger partial charge in [0.05, 0.1) is 12.2 Å². The maximum Gasteiger partial charge on any atom is 0.313 e. The van der Waals surface area contributed by atoms with Crippen molar-refractivity contribution in [3.05, 3.63) is 23.8 Å². The van der Waals surface area contributed by atoms with Gasteiger partial charge >= 0.3 is 5.97 Å². The van der Waals surface area contributed by atoms with Gasteiger partial charge in [0.15, 0.2) is 19.4 Å². The maximum absolute atomic E-state index is 12.2. The maximum atomic E-state index is 12.2. The number of carbonyl (C=O) groups is 2. The molecule has 1 aromatic rings. The number of benzene rings is 1. The number of ketones is 1. The van der Waals surface area contributed by atoms with Crippen LogP contribution in [0, 0.1) is 0 Å². The molecule has 0 atom stereocenters. The van der Waals surface area contributed by atoms with Crippen molar-refractivity contribution in [1.82, 2.24) is 0 Å². The molecule has 1 rings (SSSR count). The molecule has 0 bridgehead atoms. The number of rotatable bonds is 10. The Morgan fingerprint density at radius 1 is 1.05 bits per heavy atom. The van der Waals surface area contributed by atoms with Gasteiger partial charge in [-0.05, 0) is 19.1 Å². The molecule has 0 aliphatic carbocycles. The third-order valence-corrected chi connectivity index (χ3v) is 2.54. The fraction of sp³-hybridized carbons (Fsp3) is 0.467. The van der Waals surface area contributed by atoms with E-state index >= 15 is 0 Å². The van der Waals surface area contributed by atoms with E-state index in [0.717, 1.165) is 0 Å². The molecule has 0 aliphatic rings.